The highest BCUT2D eigenvalue weighted by Crippen LogP contribution is 2.21. The topological polar surface area (TPSA) is 46.3 Å². The van der Waals surface area contributed by atoms with Crippen molar-refractivity contribution < 1.29 is 4.79 Å². The fourth-order valence-corrected chi connectivity index (χ4v) is 1.75. The summed E-state index contributed by atoms with van der Waals surface area (Å²) >= 11 is 3.42. The van der Waals surface area contributed by atoms with Gasteiger partial charge in [0, 0.05) is 24.6 Å². The summed E-state index contributed by atoms with van der Waals surface area (Å²) in [5, 5.41) is 0. The Morgan fingerprint density at radius 1 is 1.53 bits per heavy atom. The first-order valence-electron chi connectivity index (χ1n) is 4.78. The Kier molecular flexibility index (Phi) is 4.29. The third kappa shape index (κ3) is 2.79. The number of hydrogen-bond donors (Lipinski definition) is 1. The summed E-state index contributed by atoms with van der Waals surface area (Å²) in [7, 11) is 1.75. The molecule has 1 amide bonds. The fraction of sp³-hybridized carbons (Fsp3) is 0.364. The quantitative estimate of drug-likeness (QED) is 0.911. The van der Waals surface area contributed by atoms with Gasteiger partial charge in [-0.05, 0) is 34.5 Å². The minimum Gasteiger partial charge on any atom is -0.340 e. The molecule has 1 aromatic rings. The van der Waals surface area contributed by atoms with E-state index in [1.165, 1.54) is 0 Å². The van der Waals surface area contributed by atoms with Crippen LogP contribution in [-0.4, -0.2) is 30.9 Å². The third-order valence-electron chi connectivity index (χ3n) is 2.23. The van der Waals surface area contributed by atoms with E-state index in [9.17, 15) is 4.79 Å². The summed E-state index contributed by atoms with van der Waals surface area (Å²) in [6.45, 7) is 3.01. The molecule has 2 N–H and O–H groups in total. The Balaban J connectivity index is 2.96. The van der Waals surface area contributed by atoms with Crippen molar-refractivity contribution in [1.29, 1.82) is 0 Å². The van der Waals surface area contributed by atoms with Crippen LogP contribution in [0.5, 0.6) is 0 Å². The van der Waals surface area contributed by atoms with Crippen LogP contribution in [0.15, 0.2) is 22.7 Å². The highest BCUT2D eigenvalue weighted by molar-refractivity contribution is 9.10. The summed E-state index contributed by atoms with van der Waals surface area (Å²) in [6, 6.07) is 5.65. The fourth-order valence-electron chi connectivity index (χ4n) is 1.31. The number of halogens is 1. The molecule has 82 valence electrons. The van der Waals surface area contributed by atoms with Crippen molar-refractivity contribution in [2.24, 2.45) is 5.73 Å². The van der Waals surface area contributed by atoms with Gasteiger partial charge in [0.15, 0.2) is 0 Å². The molecule has 0 aromatic heterocycles. The molecule has 15 heavy (non-hydrogen) atoms. The molecule has 0 spiro atoms. The number of benzene rings is 1. The molecule has 0 unspecified atom stereocenters. The summed E-state index contributed by atoms with van der Waals surface area (Å²) in [5.74, 6) is -0.00368. The molecule has 0 saturated heterocycles. The molecular formula is C11H15BrN2O. The number of likely N-dealkylation sites (N-methyl/N-ethyl adjacent to an activating group) is 1. The van der Waals surface area contributed by atoms with Crippen LogP contribution in [0.4, 0.5) is 0 Å². The van der Waals surface area contributed by atoms with Gasteiger partial charge < -0.3 is 10.6 Å². The van der Waals surface area contributed by atoms with Gasteiger partial charge in [0.1, 0.15) is 0 Å². The maximum Gasteiger partial charge on any atom is 0.254 e. The zero-order valence-electron chi connectivity index (χ0n) is 8.96. The van der Waals surface area contributed by atoms with Gasteiger partial charge >= 0.3 is 0 Å². The second-order valence-corrected chi connectivity index (χ2v) is 4.24. The van der Waals surface area contributed by atoms with Crippen LogP contribution in [0.3, 0.4) is 0 Å². The molecule has 0 saturated carbocycles. The summed E-state index contributed by atoms with van der Waals surface area (Å²) in [6.07, 6.45) is 0. The van der Waals surface area contributed by atoms with Crippen LogP contribution in [-0.2, 0) is 0 Å². The molecule has 0 atom stereocenters. The average molecular weight is 271 g/mol. The standard InChI is InChI=1S/C11H15BrN2O/c1-8-4-3-5-9(10(8)12)11(15)14(2)7-6-13/h3-5H,6-7,13H2,1-2H3. The molecule has 0 aliphatic heterocycles. The van der Waals surface area contributed by atoms with E-state index >= 15 is 0 Å². The van der Waals surface area contributed by atoms with Crippen molar-refractivity contribution in [3.05, 3.63) is 33.8 Å². The number of nitrogens with zero attached hydrogens (tertiary/aromatic N) is 1. The van der Waals surface area contributed by atoms with Crippen LogP contribution < -0.4 is 5.73 Å². The zero-order valence-corrected chi connectivity index (χ0v) is 10.5. The first-order chi connectivity index (χ1) is 7.07. The molecule has 0 fully saturated rings. The lowest BCUT2D eigenvalue weighted by Crippen LogP contribution is -2.31. The number of aryl methyl sites for hydroxylation is 1. The lowest BCUT2D eigenvalue weighted by Gasteiger charge is -2.17. The summed E-state index contributed by atoms with van der Waals surface area (Å²) < 4.78 is 0.860. The van der Waals surface area contributed by atoms with Crippen molar-refractivity contribution >= 4 is 21.8 Å². The number of rotatable bonds is 3. The normalized spacial score (nSPS) is 10.1. The van der Waals surface area contributed by atoms with E-state index < -0.39 is 0 Å². The number of hydrogen-bond acceptors (Lipinski definition) is 2. The molecule has 1 rings (SSSR count). The Morgan fingerprint density at radius 2 is 2.20 bits per heavy atom. The largest absolute Gasteiger partial charge is 0.340 e. The van der Waals surface area contributed by atoms with Crippen molar-refractivity contribution in [3.63, 3.8) is 0 Å². The van der Waals surface area contributed by atoms with Crippen LogP contribution in [0.1, 0.15) is 15.9 Å². The van der Waals surface area contributed by atoms with Gasteiger partial charge in [0.25, 0.3) is 5.91 Å². The molecule has 0 heterocycles. The molecule has 4 heteroatoms. The predicted molar refractivity (Wildman–Crippen MR) is 64.9 cm³/mol. The monoisotopic (exact) mass is 270 g/mol. The van der Waals surface area contributed by atoms with Gasteiger partial charge in [-0.1, -0.05) is 12.1 Å². The van der Waals surface area contributed by atoms with E-state index in [4.69, 9.17) is 5.73 Å². The zero-order chi connectivity index (χ0) is 11.4. The highest BCUT2D eigenvalue weighted by Gasteiger charge is 2.14. The van der Waals surface area contributed by atoms with Gasteiger partial charge in [-0.25, -0.2) is 0 Å². The van der Waals surface area contributed by atoms with Crippen molar-refractivity contribution in [2.75, 3.05) is 20.1 Å². The van der Waals surface area contributed by atoms with Crippen molar-refractivity contribution in [1.82, 2.24) is 4.90 Å². The first-order valence-corrected chi connectivity index (χ1v) is 5.58. The molecule has 3 nitrogen and oxygen atoms in total. The predicted octanol–water partition coefficient (Wildman–Crippen LogP) is 1.79. The van der Waals surface area contributed by atoms with Gasteiger partial charge in [0.2, 0.25) is 0 Å². The Bertz CT molecular complexity index is 366. The van der Waals surface area contributed by atoms with E-state index in [1.807, 2.05) is 25.1 Å². The molecule has 1 aromatic carbocycles. The van der Waals surface area contributed by atoms with E-state index in [0.29, 0.717) is 18.7 Å². The third-order valence-corrected chi connectivity index (χ3v) is 3.29. The summed E-state index contributed by atoms with van der Waals surface area (Å²) in [4.78, 5) is 13.6. The van der Waals surface area contributed by atoms with Crippen LogP contribution >= 0.6 is 15.9 Å². The van der Waals surface area contributed by atoms with E-state index in [-0.39, 0.29) is 5.91 Å². The van der Waals surface area contributed by atoms with Gasteiger partial charge in [-0.15, -0.1) is 0 Å². The Morgan fingerprint density at radius 3 is 2.80 bits per heavy atom. The average Bonchev–Trinajstić information content (AvgIpc) is 2.21. The lowest BCUT2D eigenvalue weighted by molar-refractivity contribution is 0.0798. The maximum absolute atomic E-state index is 11.9. The molecule has 0 bridgehead atoms. The maximum atomic E-state index is 11.9. The van der Waals surface area contributed by atoms with E-state index in [0.717, 1.165) is 10.0 Å². The number of amides is 1. The summed E-state index contributed by atoms with van der Waals surface area (Å²) in [5.41, 5.74) is 7.15. The van der Waals surface area contributed by atoms with E-state index in [1.54, 1.807) is 11.9 Å². The molecule has 0 aliphatic rings. The Labute approximate surface area is 98.4 Å². The highest BCUT2D eigenvalue weighted by atomic mass is 79.9. The molecule has 0 radical (unpaired) electrons. The smallest absolute Gasteiger partial charge is 0.254 e. The van der Waals surface area contributed by atoms with Crippen molar-refractivity contribution in [3.8, 4) is 0 Å². The number of nitrogens with two attached hydrogens (primary N) is 1. The van der Waals surface area contributed by atoms with Crippen LogP contribution in [0, 0.1) is 6.92 Å². The van der Waals surface area contributed by atoms with Gasteiger partial charge in [0.05, 0.1) is 5.56 Å². The SMILES string of the molecule is Cc1cccc(C(=O)N(C)CCN)c1Br. The number of carbonyl (C=O) groups excluding carboxylic acids is 1. The van der Waals surface area contributed by atoms with Gasteiger partial charge in [-0.2, -0.15) is 0 Å². The molecular weight excluding hydrogens is 256 g/mol. The Hall–Kier alpha value is -0.870. The second-order valence-electron chi connectivity index (χ2n) is 3.45. The number of carbonyl (C=O) groups is 1. The van der Waals surface area contributed by atoms with Crippen LogP contribution in [0.25, 0.3) is 0 Å². The first kappa shape index (κ1) is 12.2. The van der Waals surface area contributed by atoms with Crippen molar-refractivity contribution in [2.45, 2.75) is 6.92 Å². The van der Waals surface area contributed by atoms with Crippen LogP contribution in [0.2, 0.25) is 0 Å². The molecule has 0 aliphatic carbocycles. The minimum atomic E-state index is -0.00368. The lowest BCUT2D eigenvalue weighted by atomic mass is 10.1. The second kappa shape index (κ2) is 5.28. The minimum absolute atomic E-state index is 0.00368. The van der Waals surface area contributed by atoms with E-state index in [2.05, 4.69) is 15.9 Å². The van der Waals surface area contributed by atoms with Gasteiger partial charge in [-0.3, -0.25) is 4.79 Å².